The summed E-state index contributed by atoms with van der Waals surface area (Å²) in [5.74, 6) is 0. The van der Waals surface area contributed by atoms with Gasteiger partial charge in [0.15, 0.2) is 0 Å². The zero-order chi connectivity index (χ0) is 6.53. The number of rotatable bonds is 2. The number of hydrogen-bond donors (Lipinski definition) is 0. The molecule has 0 unspecified atom stereocenters. The summed E-state index contributed by atoms with van der Waals surface area (Å²) in [6.45, 7) is 2.92. The van der Waals surface area contributed by atoms with Crippen LogP contribution in [0.25, 0.3) is 0 Å². The standard InChI is InChI=1S/C8H15O.ClH.Hg/c1-2-9-8-6-4-3-5-7-8;;/h6,8H,2-5,7H2,1H3;1H;/q;;+1/p-1/t8-;;/m0../s1. The molecule has 1 aliphatic carbocycles. The van der Waals surface area contributed by atoms with Gasteiger partial charge in [-0.3, -0.25) is 0 Å². The molecule has 2 radical (unpaired) electrons. The number of hydrogen-bond acceptors (Lipinski definition) is 1. The van der Waals surface area contributed by atoms with Crippen LogP contribution in [0, 0.1) is 6.42 Å². The Kier molecular flexibility index (Phi) is 12.4. The van der Waals surface area contributed by atoms with Crippen molar-refractivity contribution in [3.05, 3.63) is 6.42 Å². The molecule has 1 fully saturated rings. The van der Waals surface area contributed by atoms with Crippen molar-refractivity contribution in [2.24, 2.45) is 0 Å². The van der Waals surface area contributed by atoms with Crippen LogP contribution in [0.2, 0.25) is 0 Å². The third-order valence-electron chi connectivity index (χ3n) is 1.75. The van der Waals surface area contributed by atoms with Crippen LogP contribution in [-0.2, 0) is 32.4 Å². The smallest absolute Gasteiger partial charge is 1.00 e. The van der Waals surface area contributed by atoms with E-state index < -0.39 is 0 Å². The summed E-state index contributed by atoms with van der Waals surface area (Å²) in [6.07, 6.45) is 7.99. The summed E-state index contributed by atoms with van der Waals surface area (Å²) >= 11 is 0. The fourth-order valence-electron chi connectivity index (χ4n) is 1.28. The van der Waals surface area contributed by atoms with E-state index in [2.05, 4.69) is 13.3 Å². The van der Waals surface area contributed by atoms with Gasteiger partial charge in [-0.05, 0) is 26.2 Å². The molecule has 0 N–H and O–H groups in total. The van der Waals surface area contributed by atoms with Gasteiger partial charge in [-0.25, -0.2) is 0 Å². The van der Waals surface area contributed by atoms with Crippen molar-refractivity contribution < 1.29 is 44.8 Å². The van der Waals surface area contributed by atoms with E-state index in [-0.39, 0.29) is 40.1 Å². The van der Waals surface area contributed by atoms with Gasteiger partial charge in [-0.1, -0.05) is 12.8 Å². The van der Waals surface area contributed by atoms with Gasteiger partial charge in [-0.15, -0.1) is 0 Å². The Morgan fingerprint density at radius 2 is 2.18 bits per heavy atom. The normalized spacial score (nSPS) is 18.3. The van der Waals surface area contributed by atoms with E-state index >= 15 is 0 Å². The van der Waals surface area contributed by atoms with E-state index in [4.69, 9.17) is 4.74 Å². The molecule has 0 spiro atoms. The maximum Gasteiger partial charge on any atom is 1.00 e. The second-order valence-corrected chi connectivity index (χ2v) is 2.51. The molecule has 1 nitrogen and oxygen atoms in total. The fourth-order valence-corrected chi connectivity index (χ4v) is 1.28. The van der Waals surface area contributed by atoms with Crippen LogP contribution in [0.1, 0.15) is 32.6 Å². The Balaban J connectivity index is 0. The average Bonchev–Trinajstić information content (AvgIpc) is 1.91. The second-order valence-electron chi connectivity index (χ2n) is 2.51. The third-order valence-corrected chi connectivity index (χ3v) is 1.75. The minimum atomic E-state index is 0. The van der Waals surface area contributed by atoms with E-state index in [1.807, 2.05) is 0 Å². The van der Waals surface area contributed by atoms with Gasteiger partial charge >= 0.3 is 27.7 Å². The quantitative estimate of drug-likeness (QED) is 0.583. The summed E-state index contributed by atoms with van der Waals surface area (Å²) < 4.78 is 5.43. The molecule has 0 heterocycles. The Morgan fingerprint density at radius 3 is 2.64 bits per heavy atom. The summed E-state index contributed by atoms with van der Waals surface area (Å²) in [7, 11) is 0. The van der Waals surface area contributed by atoms with Crippen LogP contribution in [0.5, 0.6) is 0 Å². The summed E-state index contributed by atoms with van der Waals surface area (Å²) in [4.78, 5) is 0. The Hall–Kier alpha value is 1.19. The Morgan fingerprint density at radius 1 is 1.45 bits per heavy atom. The molecular formula is C8H15ClHgO. The maximum absolute atomic E-state index is 5.43. The van der Waals surface area contributed by atoms with Gasteiger partial charge < -0.3 is 17.1 Å². The van der Waals surface area contributed by atoms with Crippen molar-refractivity contribution in [1.82, 2.24) is 0 Å². The van der Waals surface area contributed by atoms with E-state index in [1.165, 1.54) is 25.7 Å². The molecule has 62 valence electrons. The van der Waals surface area contributed by atoms with Crippen molar-refractivity contribution in [1.29, 1.82) is 0 Å². The molecule has 1 saturated carbocycles. The zero-order valence-corrected chi connectivity index (χ0v) is 13.4. The summed E-state index contributed by atoms with van der Waals surface area (Å²) in [5.41, 5.74) is 0. The SMILES string of the molecule is CCO[C@H]1[CH]CCCC1.[Cl-].[Hg+]. The summed E-state index contributed by atoms with van der Waals surface area (Å²) in [5, 5.41) is 0. The third kappa shape index (κ3) is 6.36. The predicted octanol–water partition coefficient (Wildman–Crippen LogP) is -0.829. The zero-order valence-electron chi connectivity index (χ0n) is 7.18. The van der Waals surface area contributed by atoms with Gasteiger partial charge in [0.25, 0.3) is 0 Å². The molecule has 0 aromatic heterocycles. The van der Waals surface area contributed by atoms with Crippen molar-refractivity contribution >= 4 is 0 Å². The number of ether oxygens (including phenoxy) is 1. The first-order valence-electron chi connectivity index (χ1n) is 3.88. The largest absolute Gasteiger partial charge is 1.00 e. The van der Waals surface area contributed by atoms with Crippen molar-refractivity contribution in [2.45, 2.75) is 38.7 Å². The van der Waals surface area contributed by atoms with Crippen LogP contribution in [0.3, 0.4) is 0 Å². The molecule has 11 heavy (non-hydrogen) atoms. The second kappa shape index (κ2) is 9.27. The van der Waals surface area contributed by atoms with Crippen molar-refractivity contribution in [3.8, 4) is 0 Å². The van der Waals surface area contributed by atoms with Gasteiger partial charge in [-0.2, -0.15) is 0 Å². The van der Waals surface area contributed by atoms with Crippen LogP contribution in [-0.4, -0.2) is 12.7 Å². The first-order chi connectivity index (χ1) is 4.43. The molecule has 1 atom stereocenters. The van der Waals surface area contributed by atoms with Crippen LogP contribution in [0.15, 0.2) is 0 Å². The van der Waals surface area contributed by atoms with Gasteiger partial charge in [0, 0.05) is 6.61 Å². The van der Waals surface area contributed by atoms with Crippen LogP contribution in [0.4, 0.5) is 0 Å². The van der Waals surface area contributed by atoms with E-state index in [1.54, 1.807) is 0 Å². The van der Waals surface area contributed by atoms with E-state index in [0.717, 1.165) is 6.61 Å². The van der Waals surface area contributed by atoms with Crippen LogP contribution < -0.4 is 12.4 Å². The monoisotopic (exact) mass is 364 g/mol. The topological polar surface area (TPSA) is 9.23 Å². The van der Waals surface area contributed by atoms with E-state index in [0.29, 0.717) is 6.10 Å². The summed E-state index contributed by atoms with van der Waals surface area (Å²) in [6, 6.07) is 0. The molecule has 1 aliphatic rings. The fraction of sp³-hybridized carbons (Fsp3) is 0.875. The number of halogens is 1. The molecule has 0 aliphatic heterocycles. The van der Waals surface area contributed by atoms with Crippen molar-refractivity contribution in [2.75, 3.05) is 6.61 Å². The minimum Gasteiger partial charge on any atom is -1.00 e. The Bertz CT molecular complexity index is 71.7. The minimum absolute atomic E-state index is 0. The van der Waals surface area contributed by atoms with Gasteiger partial charge in [0.1, 0.15) is 0 Å². The van der Waals surface area contributed by atoms with Crippen LogP contribution >= 0.6 is 0 Å². The molecule has 0 aromatic rings. The first kappa shape index (κ1) is 14.7. The Labute approximate surface area is 96.2 Å². The van der Waals surface area contributed by atoms with E-state index in [9.17, 15) is 0 Å². The molecule has 0 bridgehead atoms. The molecule has 0 amide bonds. The molecule has 0 aromatic carbocycles. The predicted molar refractivity (Wildman–Crippen MR) is 38.2 cm³/mol. The van der Waals surface area contributed by atoms with Crippen molar-refractivity contribution in [3.63, 3.8) is 0 Å². The maximum atomic E-state index is 5.43. The van der Waals surface area contributed by atoms with Gasteiger partial charge in [0.2, 0.25) is 0 Å². The average molecular weight is 363 g/mol. The first-order valence-corrected chi connectivity index (χ1v) is 3.88. The molecule has 1 rings (SSSR count). The molecule has 3 heteroatoms. The molecular weight excluding hydrogens is 348 g/mol. The molecule has 0 saturated heterocycles. The van der Waals surface area contributed by atoms with Gasteiger partial charge in [0.05, 0.1) is 6.10 Å².